The molecule has 0 unspecified atom stereocenters. The Morgan fingerprint density at radius 1 is 1.64 bits per heavy atom. The molecule has 0 atom stereocenters. The van der Waals surface area contributed by atoms with Crippen LogP contribution in [0.2, 0.25) is 0 Å². The average Bonchev–Trinajstić information content (AvgIpc) is 2.17. The Labute approximate surface area is 79.7 Å². The highest BCUT2D eigenvalue weighted by Gasteiger charge is 2.17. The van der Waals surface area contributed by atoms with Crippen molar-refractivity contribution < 1.29 is 9.66 Å². The monoisotopic (exact) mass is 193 g/mol. The van der Waals surface area contributed by atoms with Crippen molar-refractivity contribution in [1.29, 1.82) is 5.26 Å². The van der Waals surface area contributed by atoms with Gasteiger partial charge in [0.1, 0.15) is 6.07 Å². The molecule has 0 heterocycles. The summed E-state index contributed by atoms with van der Waals surface area (Å²) in [5.74, 6) is 0.0285. The lowest BCUT2D eigenvalue weighted by Crippen LogP contribution is -1.98. The smallest absolute Gasteiger partial charge is 0.313 e. The number of anilines is 1. The van der Waals surface area contributed by atoms with E-state index in [2.05, 4.69) is 0 Å². The van der Waals surface area contributed by atoms with Crippen molar-refractivity contribution in [3.8, 4) is 11.8 Å². The first-order chi connectivity index (χ1) is 6.60. The molecule has 0 aliphatic heterocycles. The first kappa shape index (κ1) is 9.80. The van der Waals surface area contributed by atoms with Gasteiger partial charge in [0.05, 0.1) is 23.3 Å². The Kier molecular flexibility index (Phi) is 2.53. The van der Waals surface area contributed by atoms with Gasteiger partial charge >= 0.3 is 5.69 Å². The highest BCUT2D eigenvalue weighted by atomic mass is 16.6. The maximum Gasteiger partial charge on any atom is 0.313 e. The van der Waals surface area contributed by atoms with Crippen LogP contribution in [0.25, 0.3) is 0 Å². The van der Waals surface area contributed by atoms with E-state index in [0.717, 1.165) is 6.07 Å². The van der Waals surface area contributed by atoms with Crippen molar-refractivity contribution in [2.75, 3.05) is 12.8 Å². The Hall–Kier alpha value is -2.29. The number of ether oxygens (including phenoxy) is 1. The number of methoxy groups -OCH3 is 1. The van der Waals surface area contributed by atoms with Crippen LogP contribution in [0.1, 0.15) is 5.56 Å². The fraction of sp³-hybridized carbons (Fsp3) is 0.125. The summed E-state index contributed by atoms with van der Waals surface area (Å²) < 4.78 is 4.76. The van der Waals surface area contributed by atoms with E-state index >= 15 is 0 Å². The van der Waals surface area contributed by atoms with Crippen LogP contribution in [0.4, 0.5) is 11.4 Å². The lowest BCUT2D eigenvalue weighted by Gasteiger charge is -2.03. The molecule has 1 aromatic carbocycles. The van der Waals surface area contributed by atoms with E-state index in [-0.39, 0.29) is 22.7 Å². The van der Waals surface area contributed by atoms with E-state index in [1.54, 1.807) is 0 Å². The summed E-state index contributed by atoms with van der Waals surface area (Å²) in [6, 6.07) is 4.16. The van der Waals surface area contributed by atoms with E-state index < -0.39 is 4.92 Å². The summed E-state index contributed by atoms with van der Waals surface area (Å²) in [7, 11) is 1.29. The molecular weight excluding hydrogens is 186 g/mol. The second-order valence-electron chi connectivity index (χ2n) is 2.48. The number of hydrogen-bond donors (Lipinski definition) is 1. The van der Waals surface area contributed by atoms with Crippen LogP contribution in [-0.2, 0) is 0 Å². The first-order valence-electron chi connectivity index (χ1n) is 3.62. The molecule has 0 saturated carbocycles. The topological polar surface area (TPSA) is 102 Å². The number of nitro groups is 1. The number of hydrogen-bond acceptors (Lipinski definition) is 5. The van der Waals surface area contributed by atoms with E-state index in [0.29, 0.717) is 0 Å². The maximum atomic E-state index is 10.5. The summed E-state index contributed by atoms with van der Waals surface area (Å²) in [5, 5.41) is 19.1. The number of nitro benzene ring substituents is 1. The molecule has 6 heteroatoms. The zero-order valence-electron chi connectivity index (χ0n) is 7.35. The molecule has 0 aliphatic rings. The van der Waals surface area contributed by atoms with Crippen molar-refractivity contribution in [1.82, 2.24) is 0 Å². The van der Waals surface area contributed by atoms with Crippen LogP contribution < -0.4 is 10.5 Å². The summed E-state index contributed by atoms with van der Waals surface area (Å²) in [6.07, 6.45) is 0. The van der Waals surface area contributed by atoms with Crippen LogP contribution in [-0.4, -0.2) is 12.0 Å². The van der Waals surface area contributed by atoms with Gasteiger partial charge in [0, 0.05) is 12.1 Å². The minimum Gasteiger partial charge on any atom is -0.490 e. The first-order valence-corrected chi connectivity index (χ1v) is 3.62. The van der Waals surface area contributed by atoms with Gasteiger partial charge in [-0.1, -0.05) is 0 Å². The third-order valence-corrected chi connectivity index (χ3v) is 1.67. The fourth-order valence-corrected chi connectivity index (χ4v) is 0.988. The van der Waals surface area contributed by atoms with E-state index in [1.807, 2.05) is 6.07 Å². The van der Waals surface area contributed by atoms with Crippen molar-refractivity contribution in [3.63, 3.8) is 0 Å². The molecule has 0 bridgehead atoms. The lowest BCUT2D eigenvalue weighted by molar-refractivity contribution is -0.385. The van der Waals surface area contributed by atoms with Crippen LogP contribution in [0.5, 0.6) is 5.75 Å². The summed E-state index contributed by atoms with van der Waals surface area (Å²) in [6.45, 7) is 0. The molecule has 0 aliphatic carbocycles. The number of nitriles is 1. The predicted molar refractivity (Wildman–Crippen MR) is 48.8 cm³/mol. The van der Waals surface area contributed by atoms with Gasteiger partial charge in [0.2, 0.25) is 0 Å². The van der Waals surface area contributed by atoms with Crippen LogP contribution in [0, 0.1) is 21.4 Å². The number of rotatable bonds is 2. The third-order valence-electron chi connectivity index (χ3n) is 1.67. The van der Waals surface area contributed by atoms with Gasteiger partial charge in [0.15, 0.2) is 5.75 Å². The van der Waals surface area contributed by atoms with Gasteiger partial charge in [0.25, 0.3) is 0 Å². The SMILES string of the molecule is COc1cc(C#N)c(N)cc1[N+](=O)[O-]. The van der Waals surface area contributed by atoms with Gasteiger partial charge in [-0.05, 0) is 0 Å². The molecule has 0 fully saturated rings. The zero-order chi connectivity index (χ0) is 10.7. The Balaban J connectivity index is 3.41. The standard InChI is InChI=1S/C8H7N3O3/c1-14-8-2-5(4-9)6(10)3-7(8)11(12)13/h2-3H,10H2,1H3. The molecule has 0 spiro atoms. The van der Waals surface area contributed by atoms with Gasteiger partial charge in [-0.25, -0.2) is 0 Å². The Morgan fingerprint density at radius 3 is 2.71 bits per heavy atom. The molecule has 6 nitrogen and oxygen atoms in total. The number of benzene rings is 1. The van der Waals surface area contributed by atoms with Crippen LogP contribution in [0.15, 0.2) is 12.1 Å². The summed E-state index contributed by atoms with van der Waals surface area (Å²) in [4.78, 5) is 9.90. The highest BCUT2D eigenvalue weighted by molar-refractivity contribution is 5.64. The van der Waals surface area contributed by atoms with E-state index in [1.165, 1.54) is 13.2 Å². The van der Waals surface area contributed by atoms with Gasteiger partial charge in [-0.15, -0.1) is 0 Å². The van der Waals surface area contributed by atoms with Crippen LogP contribution in [0.3, 0.4) is 0 Å². The number of nitrogens with two attached hydrogens (primary N) is 1. The van der Waals surface area contributed by atoms with Crippen molar-refractivity contribution in [2.24, 2.45) is 0 Å². The molecule has 1 aromatic rings. The van der Waals surface area contributed by atoms with Gasteiger partial charge in [-0.3, -0.25) is 10.1 Å². The summed E-state index contributed by atoms with van der Waals surface area (Å²) in [5.41, 5.74) is 5.39. The van der Waals surface area contributed by atoms with Crippen molar-refractivity contribution in [3.05, 3.63) is 27.8 Å². The quantitative estimate of drug-likeness (QED) is 0.429. The second-order valence-corrected chi connectivity index (χ2v) is 2.48. The molecule has 0 saturated heterocycles. The van der Waals surface area contributed by atoms with Gasteiger partial charge < -0.3 is 10.5 Å². The molecule has 14 heavy (non-hydrogen) atoms. The molecule has 72 valence electrons. The largest absolute Gasteiger partial charge is 0.490 e. The molecular formula is C8H7N3O3. The minimum atomic E-state index is -0.615. The molecule has 2 N–H and O–H groups in total. The average molecular weight is 193 g/mol. The van der Waals surface area contributed by atoms with Crippen LogP contribution >= 0.6 is 0 Å². The third kappa shape index (κ3) is 1.56. The fourth-order valence-electron chi connectivity index (χ4n) is 0.988. The Bertz CT molecular complexity index is 423. The molecule has 1 rings (SSSR count). The predicted octanol–water partition coefficient (Wildman–Crippen LogP) is 1.06. The molecule has 0 radical (unpaired) electrons. The number of nitrogen functional groups attached to an aromatic ring is 1. The minimum absolute atomic E-state index is 0.0285. The second kappa shape index (κ2) is 3.62. The van der Waals surface area contributed by atoms with Crippen molar-refractivity contribution >= 4 is 11.4 Å². The normalized spacial score (nSPS) is 9.14. The molecule has 0 amide bonds. The molecule has 0 aromatic heterocycles. The zero-order valence-corrected chi connectivity index (χ0v) is 7.35. The Morgan fingerprint density at radius 2 is 2.29 bits per heavy atom. The summed E-state index contributed by atoms with van der Waals surface area (Å²) >= 11 is 0. The lowest BCUT2D eigenvalue weighted by atomic mass is 10.1. The van der Waals surface area contributed by atoms with E-state index in [4.69, 9.17) is 15.7 Å². The van der Waals surface area contributed by atoms with Gasteiger partial charge in [-0.2, -0.15) is 5.26 Å². The highest BCUT2D eigenvalue weighted by Crippen LogP contribution is 2.31. The van der Waals surface area contributed by atoms with E-state index in [9.17, 15) is 10.1 Å². The number of nitrogens with zero attached hydrogens (tertiary/aromatic N) is 2. The maximum absolute atomic E-state index is 10.5. The van der Waals surface area contributed by atoms with Crippen molar-refractivity contribution in [2.45, 2.75) is 0 Å².